The summed E-state index contributed by atoms with van der Waals surface area (Å²) >= 11 is 0. The van der Waals surface area contributed by atoms with Crippen LogP contribution in [0.1, 0.15) is 155 Å². The molecule has 12 rings (SSSR count). The summed E-state index contributed by atoms with van der Waals surface area (Å²) in [6, 6.07) is 45.0. The predicted octanol–water partition coefficient (Wildman–Crippen LogP) is 15.2. The van der Waals surface area contributed by atoms with Crippen molar-refractivity contribution < 1.29 is 4.42 Å². The number of rotatable bonds is 3. The lowest BCUT2D eigenvalue weighted by Crippen LogP contribution is -2.61. The molecule has 0 N–H and O–H groups in total. The Balaban J connectivity index is 1.18. The summed E-state index contributed by atoms with van der Waals surface area (Å²) in [6.45, 7) is 29.3. The standard InChI is InChI=1S/C62H67BN2O/c1-57(2)27-28-58(3,4)43-33-39(25-26-42(43)57)64-50-23-18-24-51-54(50)63(56-55(64)41-35-45-47(37-53(41)66-56)62(11,12)32-30-60(45,7)8)48-21-16-17-22-49(48)65(51)52-36-46-44(59(5,6)29-31-61(46,9)10)34-40(52)38-19-14-13-15-20-38/h13-26,33-37H,27-32H2,1-12H3. The molecule has 5 aliphatic rings. The third-order valence-electron chi connectivity index (χ3n) is 17.9. The number of anilines is 6. The van der Waals surface area contributed by atoms with Crippen LogP contribution < -0.4 is 26.4 Å². The first kappa shape index (κ1) is 41.9. The second-order valence-electron chi connectivity index (χ2n) is 24.9. The second kappa shape index (κ2) is 13.6. The zero-order valence-electron chi connectivity index (χ0n) is 41.6. The molecule has 1 aromatic heterocycles. The molecule has 4 heteroatoms. The molecular formula is C62H67BN2O. The molecule has 66 heavy (non-hydrogen) atoms. The number of fused-ring (bicyclic) bond motifs is 9. The molecule has 0 saturated heterocycles. The average molecular weight is 867 g/mol. The Bertz CT molecular complexity index is 3180. The van der Waals surface area contributed by atoms with Gasteiger partial charge in [0.05, 0.1) is 17.0 Å². The van der Waals surface area contributed by atoms with Crippen LogP contribution in [-0.4, -0.2) is 6.71 Å². The molecule has 0 saturated carbocycles. The van der Waals surface area contributed by atoms with Crippen LogP contribution in [-0.2, 0) is 32.5 Å². The molecule has 0 atom stereocenters. The van der Waals surface area contributed by atoms with Gasteiger partial charge in [-0.15, -0.1) is 0 Å². The molecule has 0 amide bonds. The normalized spacial score (nSPS) is 20.7. The van der Waals surface area contributed by atoms with E-state index in [1.54, 1.807) is 0 Å². The van der Waals surface area contributed by atoms with E-state index in [9.17, 15) is 0 Å². The van der Waals surface area contributed by atoms with E-state index < -0.39 is 0 Å². The molecule has 0 spiro atoms. The minimum absolute atomic E-state index is 0.0415. The molecule has 0 bridgehead atoms. The van der Waals surface area contributed by atoms with Gasteiger partial charge in [0.1, 0.15) is 5.58 Å². The Hall–Kier alpha value is -5.48. The van der Waals surface area contributed by atoms with E-state index in [0.717, 1.165) is 24.1 Å². The van der Waals surface area contributed by atoms with Gasteiger partial charge in [0.25, 0.3) is 6.71 Å². The molecule has 0 fully saturated rings. The first-order valence-electron chi connectivity index (χ1n) is 25.0. The Kier molecular flexibility index (Phi) is 8.63. The van der Waals surface area contributed by atoms with E-state index in [-0.39, 0.29) is 39.2 Å². The van der Waals surface area contributed by atoms with Crippen LogP contribution in [0.5, 0.6) is 0 Å². The van der Waals surface area contributed by atoms with Crippen molar-refractivity contribution in [1.29, 1.82) is 0 Å². The highest BCUT2D eigenvalue weighted by Crippen LogP contribution is 2.55. The van der Waals surface area contributed by atoms with Crippen LogP contribution in [0, 0.1) is 0 Å². The van der Waals surface area contributed by atoms with E-state index in [2.05, 4.69) is 208 Å². The molecule has 6 aromatic carbocycles. The topological polar surface area (TPSA) is 19.6 Å². The summed E-state index contributed by atoms with van der Waals surface area (Å²) < 4.78 is 7.56. The van der Waals surface area contributed by atoms with Crippen molar-refractivity contribution in [3.8, 4) is 11.1 Å². The Labute approximate surface area is 394 Å². The minimum Gasteiger partial charge on any atom is -0.468 e. The number of hydrogen-bond acceptors (Lipinski definition) is 3. The van der Waals surface area contributed by atoms with E-state index >= 15 is 0 Å². The molecule has 0 radical (unpaired) electrons. The monoisotopic (exact) mass is 867 g/mol. The maximum atomic E-state index is 7.56. The van der Waals surface area contributed by atoms with Gasteiger partial charge >= 0.3 is 0 Å². The number of benzene rings is 6. The lowest BCUT2D eigenvalue weighted by Gasteiger charge is -2.46. The van der Waals surface area contributed by atoms with Gasteiger partial charge in [0.2, 0.25) is 0 Å². The zero-order chi connectivity index (χ0) is 46.1. The van der Waals surface area contributed by atoms with Crippen LogP contribution in [0.15, 0.2) is 120 Å². The minimum atomic E-state index is -0.0958. The Morgan fingerprint density at radius 3 is 1.56 bits per heavy atom. The quantitative estimate of drug-likeness (QED) is 0.165. The fraction of sp³-hybridized carbons (Fsp3) is 0.387. The lowest BCUT2D eigenvalue weighted by molar-refractivity contribution is 0.332. The first-order valence-corrected chi connectivity index (χ1v) is 25.0. The van der Waals surface area contributed by atoms with Crippen molar-refractivity contribution in [3.05, 3.63) is 149 Å². The van der Waals surface area contributed by atoms with Crippen LogP contribution in [0.2, 0.25) is 0 Å². The van der Waals surface area contributed by atoms with Crippen LogP contribution in [0.3, 0.4) is 0 Å². The van der Waals surface area contributed by atoms with Crippen molar-refractivity contribution in [2.45, 2.75) is 154 Å². The van der Waals surface area contributed by atoms with Crippen molar-refractivity contribution in [1.82, 2.24) is 0 Å². The number of hydrogen-bond donors (Lipinski definition) is 0. The Morgan fingerprint density at radius 2 is 0.924 bits per heavy atom. The Morgan fingerprint density at radius 1 is 0.424 bits per heavy atom. The SMILES string of the molecule is CC1(C)CCC(C)(C)c2cc(N3c4cccc5c4B(c4ccccc4N5c4cc5c(cc4-c4ccccc4)C(C)(C)CCC5(C)C)c4oc5cc6c(cc5c43)C(C)(C)CCC6(C)C)ccc21. The van der Waals surface area contributed by atoms with Crippen molar-refractivity contribution in [2.75, 3.05) is 9.80 Å². The third kappa shape index (κ3) is 5.88. The molecule has 3 aliphatic carbocycles. The fourth-order valence-corrected chi connectivity index (χ4v) is 13.3. The van der Waals surface area contributed by atoms with Gasteiger partial charge in [-0.05, 0) is 175 Å². The zero-order valence-corrected chi connectivity index (χ0v) is 41.6. The summed E-state index contributed by atoms with van der Waals surface area (Å²) in [4.78, 5) is 5.24. The molecule has 7 aromatic rings. The summed E-state index contributed by atoms with van der Waals surface area (Å²) in [7, 11) is 0. The van der Waals surface area contributed by atoms with Gasteiger partial charge in [-0.2, -0.15) is 0 Å². The molecule has 3 heterocycles. The maximum absolute atomic E-state index is 7.56. The van der Waals surface area contributed by atoms with Crippen LogP contribution in [0.25, 0.3) is 22.1 Å². The van der Waals surface area contributed by atoms with Crippen molar-refractivity contribution in [2.24, 2.45) is 0 Å². The van der Waals surface area contributed by atoms with Crippen molar-refractivity contribution in [3.63, 3.8) is 0 Å². The van der Waals surface area contributed by atoms with E-state index in [0.29, 0.717) is 0 Å². The lowest BCUT2D eigenvalue weighted by atomic mass is 9.35. The van der Waals surface area contributed by atoms with Gasteiger partial charge < -0.3 is 14.2 Å². The molecule has 2 aliphatic heterocycles. The maximum Gasteiger partial charge on any atom is 0.297 e. The predicted molar refractivity (Wildman–Crippen MR) is 282 cm³/mol. The second-order valence-corrected chi connectivity index (χ2v) is 24.9. The highest BCUT2D eigenvalue weighted by molar-refractivity contribution is 7.00. The molecule has 0 unspecified atom stereocenters. The number of para-hydroxylation sites is 1. The van der Waals surface area contributed by atoms with E-state index in [1.807, 2.05) is 0 Å². The highest BCUT2D eigenvalue weighted by Gasteiger charge is 2.49. The highest BCUT2D eigenvalue weighted by atomic mass is 16.3. The van der Waals surface area contributed by atoms with E-state index in [4.69, 9.17) is 4.42 Å². The number of furan rings is 1. The number of nitrogens with zero attached hydrogens (tertiary/aromatic N) is 2. The van der Waals surface area contributed by atoms with Crippen LogP contribution in [0.4, 0.5) is 34.1 Å². The van der Waals surface area contributed by atoms with Gasteiger partial charge in [0.15, 0.2) is 0 Å². The average Bonchev–Trinajstić information content (AvgIpc) is 3.66. The van der Waals surface area contributed by atoms with Crippen LogP contribution >= 0.6 is 0 Å². The summed E-state index contributed by atoms with van der Waals surface area (Å²) in [5.74, 6) is 0. The van der Waals surface area contributed by atoms with Gasteiger partial charge in [-0.3, -0.25) is 0 Å². The first-order chi connectivity index (χ1) is 31.2. The summed E-state index contributed by atoms with van der Waals surface area (Å²) in [5, 5.41) is 1.22. The largest absolute Gasteiger partial charge is 0.468 e. The summed E-state index contributed by atoms with van der Waals surface area (Å²) in [6.07, 6.45) is 7.02. The smallest absolute Gasteiger partial charge is 0.297 e. The molecule has 3 nitrogen and oxygen atoms in total. The fourth-order valence-electron chi connectivity index (χ4n) is 13.3. The molecular weight excluding hydrogens is 800 g/mol. The third-order valence-corrected chi connectivity index (χ3v) is 17.9. The van der Waals surface area contributed by atoms with Gasteiger partial charge in [-0.25, -0.2) is 0 Å². The van der Waals surface area contributed by atoms with Gasteiger partial charge in [0, 0.05) is 33.7 Å². The molecule has 334 valence electrons. The summed E-state index contributed by atoms with van der Waals surface area (Å²) in [5.41, 5.74) is 23.7. The van der Waals surface area contributed by atoms with Gasteiger partial charge in [-0.1, -0.05) is 144 Å². The van der Waals surface area contributed by atoms with Crippen molar-refractivity contribution >= 4 is 68.4 Å². The van der Waals surface area contributed by atoms with E-state index in [1.165, 1.54) is 121 Å².